The number of ether oxygens (including phenoxy) is 1. The van der Waals surface area contributed by atoms with Gasteiger partial charge in [0.15, 0.2) is 0 Å². The lowest BCUT2D eigenvalue weighted by atomic mass is 9.61. The van der Waals surface area contributed by atoms with Crippen molar-refractivity contribution in [3.63, 3.8) is 0 Å². The second kappa shape index (κ2) is 8.75. The van der Waals surface area contributed by atoms with Gasteiger partial charge in [-0.3, -0.25) is 4.79 Å². The molecule has 0 aliphatic heterocycles. The minimum Gasteiger partial charge on any atom is -0.459 e. The number of esters is 1. The van der Waals surface area contributed by atoms with Gasteiger partial charge in [0, 0.05) is 13.1 Å². The summed E-state index contributed by atoms with van der Waals surface area (Å²) in [5.41, 5.74) is -1.41. The lowest BCUT2D eigenvalue weighted by Crippen LogP contribution is -2.49. The van der Waals surface area contributed by atoms with Gasteiger partial charge in [0.05, 0.1) is 17.9 Å². The minimum absolute atomic E-state index is 0.146. The maximum atomic E-state index is 13.1. The molecule has 0 amide bonds. The van der Waals surface area contributed by atoms with Crippen LogP contribution in [0.4, 0.5) is 0 Å². The Morgan fingerprint density at radius 2 is 1.22 bits per heavy atom. The summed E-state index contributed by atoms with van der Waals surface area (Å²) in [6.45, 7) is 13.3. The molecular formula is C17H36N2O6S2. The zero-order chi connectivity index (χ0) is 21.9. The summed E-state index contributed by atoms with van der Waals surface area (Å²) in [6, 6.07) is 0. The molecule has 0 saturated heterocycles. The van der Waals surface area contributed by atoms with Crippen LogP contribution in [-0.2, 0) is 29.6 Å². The summed E-state index contributed by atoms with van der Waals surface area (Å²) in [5, 5.41) is 0. The molecular weight excluding hydrogens is 392 g/mol. The van der Waals surface area contributed by atoms with E-state index in [0.717, 1.165) is 12.5 Å². The Labute approximate surface area is 164 Å². The summed E-state index contributed by atoms with van der Waals surface area (Å²) >= 11 is 0. The zero-order valence-corrected chi connectivity index (χ0v) is 19.6. The van der Waals surface area contributed by atoms with Crippen LogP contribution in [-0.4, -0.2) is 54.5 Å². The first-order chi connectivity index (χ1) is 11.7. The fraction of sp³-hybridized carbons (Fsp3) is 0.941. The first kappa shape index (κ1) is 26.3. The predicted molar refractivity (Wildman–Crippen MR) is 107 cm³/mol. The standard InChI is InChI=1S/C17H36N2O6S2/c1-15(2,3)12-17(7,16(4,5)6)14(20)25-13(10-18-26(8,21)22)11-19-27(9,23)24/h13,18-19H,10-12H2,1-9H3. The summed E-state index contributed by atoms with van der Waals surface area (Å²) < 4.78 is 55.6. The van der Waals surface area contributed by atoms with Gasteiger partial charge in [-0.25, -0.2) is 26.3 Å². The summed E-state index contributed by atoms with van der Waals surface area (Å²) in [7, 11) is -7.04. The molecule has 0 aromatic rings. The summed E-state index contributed by atoms with van der Waals surface area (Å²) in [6.07, 6.45) is 1.54. The molecule has 0 spiro atoms. The molecule has 0 aromatic heterocycles. The summed E-state index contributed by atoms with van der Waals surface area (Å²) in [5.74, 6) is -0.486. The third kappa shape index (κ3) is 10.4. The molecule has 1 unspecified atom stereocenters. The van der Waals surface area contributed by atoms with Crippen LogP contribution in [0, 0.1) is 16.2 Å². The third-order valence-corrected chi connectivity index (χ3v) is 5.79. The number of rotatable bonds is 9. The van der Waals surface area contributed by atoms with E-state index in [1.165, 1.54) is 0 Å². The van der Waals surface area contributed by atoms with E-state index in [-0.39, 0.29) is 18.5 Å². The molecule has 2 N–H and O–H groups in total. The van der Waals surface area contributed by atoms with Gasteiger partial charge in [-0.05, 0) is 24.2 Å². The Bertz CT molecular complexity index is 682. The number of hydrogen-bond acceptors (Lipinski definition) is 6. The van der Waals surface area contributed by atoms with Crippen LogP contribution < -0.4 is 9.44 Å². The Morgan fingerprint density at radius 3 is 1.48 bits per heavy atom. The second-order valence-electron chi connectivity index (χ2n) is 9.59. The second-order valence-corrected chi connectivity index (χ2v) is 13.3. The lowest BCUT2D eigenvalue weighted by Gasteiger charge is -2.44. The van der Waals surface area contributed by atoms with E-state index in [1.54, 1.807) is 0 Å². The fourth-order valence-corrected chi connectivity index (χ4v) is 3.61. The molecule has 0 fully saturated rings. The van der Waals surface area contributed by atoms with Crippen molar-refractivity contribution < 1.29 is 26.4 Å². The number of nitrogens with one attached hydrogen (secondary N) is 2. The van der Waals surface area contributed by atoms with Gasteiger partial charge < -0.3 is 4.74 Å². The molecule has 1 atom stereocenters. The van der Waals surface area contributed by atoms with Crippen LogP contribution >= 0.6 is 0 Å². The van der Waals surface area contributed by atoms with Crippen LogP contribution in [0.15, 0.2) is 0 Å². The monoisotopic (exact) mass is 428 g/mol. The molecule has 0 bridgehead atoms. The molecule has 8 nitrogen and oxygen atoms in total. The van der Waals surface area contributed by atoms with Gasteiger partial charge in [0.25, 0.3) is 0 Å². The van der Waals surface area contributed by atoms with E-state index >= 15 is 0 Å². The minimum atomic E-state index is -3.52. The number of sulfonamides is 2. The molecule has 0 saturated carbocycles. The highest BCUT2D eigenvalue weighted by atomic mass is 32.2. The van der Waals surface area contributed by atoms with Gasteiger partial charge >= 0.3 is 5.97 Å². The van der Waals surface area contributed by atoms with Gasteiger partial charge in [-0.15, -0.1) is 0 Å². The van der Waals surface area contributed by atoms with Crippen molar-refractivity contribution in [2.45, 2.75) is 61.0 Å². The normalized spacial score (nSPS) is 16.2. The quantitative estimate of drug-likeness (QED) is 0.537. The van der Waals surface area contributed by atoms with E-state index in [1.807, 2.05) is 48.5 Å². The highest BCUT2D eigenvalue weighted by Gasteiger charge is 2.48. The van der Waals surface area contributed by atoms with E-state index < -0.39 is 42.9 Å². The highest BCUT2D eigenvalue weighted by molar-refractivity contribution is 7.89. The van der Waals surface area contributed by atoms with Crippen molar-refractivity contribution in [3.8, 4) is 0 Å². The average molecular weight is 429 g/mol. The van der Waals surface area contributed by atoms with Crippen molar-refractivity contribution in [2.24, 2.45) is 16.2 Å². The van der Waals surface area contributed by atoms with E-state index in [4.69, 9.17) is 4.74 Å². The molecule has 27 heavy (non-hydrogen) atoms. The Balaban J connectivity index is 5.57. The Kier molecular flexibility index (Phi) is 8.52. The smallest absolute Gasteiger partial charge is 0.312 e. The van der Waals surface area contributed by atoms with Crippen molar-refractivity contribution in [3.05, 3.63) is 0 Å². The number of hydrogen-bond donors (Lipinski definition) is 2. The lowest BCUT2D eigenvalue weighted by molar-refractivity contribution is -0.169. The van der Waals surface area contributed by atoms with Crippen molar-refractivity contribution in [2.75, 3.05) is 25.6 Å². The third-order valence-electron chi connectivity index (χ3n) is 4.41. The maximum absolute atomic E-state index is 13.1. The van der Waals surface area contributed by atoms with Gasteiger partial charge in [-0.2, -0.15) is 0 Å². The molecule has 0 heterocycles. The van der Waals surface area contributed by atoms with E-state index in [2.05, 4.69) is 9.44 Å². The van der Waals surface area contributed by atoms with E-state index in [0.29, 0.717) is 6.42 Å². The first-order valence-corrected chi connectivity index (χ1v) is 12.5. The highest BCUT2D eigenvalue weighted by Crippen LogP contribution is 2.47. The SMILES string of the molecule is CC(C)(C)CC(C)(C(=O)OC(CNS(C)(=O)=O)CNS(C)(=O)=O)C(C)(C)C. The average Bonchev–Trinajstić information content (AvgIpc) is 2.36. The Morgan fingerprint density at radius 1 is 0.852 bits per heavy atom. The molecule has 10 heteroatoms. The number of carbonyl (C=O) groups is 1. The van der Waals surface area contributed by atoms with Gasteiger partial charge in [0.1, 0.15) is 6.10 Å². The van der Waals surface area contributed by atoms with Crippen LogP contribution in [0.2, 0.25) is 0 Å². The zero-order valence-electron chi connectivity index (χ0n) is 18.0. The largest absolute Gasteiger partial charge is 0.459 e. The molecule has 0 aliphatic carbocycles. The van der Waals surface area contributed by atoms with Crippen LogP contribution in [0.1, 0.15) is 54.9 Å². The topological polar surface area (TPSA) is 119 Å². The fourth-order valence-electron chi connectivity index (χ4n) is 2.63. The van der Waals surface area contributed by atoms with E-state index in [9.17, 15) is 21.6 Å². The van der Waals surface area contributed by atoms with Crippen LogP contribution in [0.5, 0.6) is 0 Å². The molecule has 162 valence electrons. The van der Waals surface area contributed by atoms with Crippen LogP contribution in [0.25, 0.3) is 0 Å². The molecule has 0 aliphatic rings. The van der Waals surface area contributed by atoms with Crippen LogP contribution in [0.3, 0.4) is 0 Å². The van der Waals surface area contributed by atoms with Gasteiger partial charge in [-0.1, -0.05) is 41.5 Å². The molecule has 0 radical (unpaired) electrons. The van der Waals surface area contributed by atoms with Crippen molar-refractivity contribution in [1.29, 1.82) is 0 Å². The predicted octanol–water partition coefficient (Wildman–Crippen LogP) is 1.49. The Hall–Kier alpha value is -0.710. The van der Waals surface area contributed by atoms with Gasteiger partial charge in [0.2, 0.25) is 20.0 Å². The first-order valence-electron chi connectivity index (χ1n) is 8.77. The molecule has 0 aromatic carbocycles. The molecule has 0 rings (SSSR count). The van der Waals surface area contributed by atoms with Crippen molar-refractivity contribution in [1.82, 2.24) is 9.44 Å². The number of carbonyl (C=O) groups excluding carboxylic acids is 1. The maximum Gasteiger partial charge on any atom is 0.312 e. The summed E-state index contributed by atoms with van der Waals surface area (Å²) in [4.78, 5) is 13.1. The van der Waals surface area contributed by atoms with Crippen molar-refractivity contribution >= 4 is 26.0 Å².